The zero-order chi connectivity index (χ0) is 21.9. The highest BCUT2D eigenvalue weighted by atomic mass is 35.5. The first-order valence-electron chi connectivity index (χ1n) is 10.4. The van der Waals surface area contributed by atoms with Gasteiger partial charge in [0, 0.05) is 60.3 Å². The van der Waals surface area contributed by atoms with Crippen molar-refractivity contribution in [3.05, 3.63) is 41.2 Å². The number of aromatic hydroxyl groups is 1. The number of hydrogen-bond donors (Lipinski definition) is 2. The lowest BCUT2D eigenvalue weighted by molar-refractivity contribution is 0.407. The summed E-state index contributed by atoms with van der Waals surface area (Å²) < 4.78 is 1.74. The molecule has 1 aliphatic rings. The fourth-order valence-electron chi connectivity index (χ4n) is 4.54. The van der Waals surface area contributed by atoms with E-state index in [1.807, 2.05) is 32.4 Å². The van der Waals surface area contributed by atoms with E-state index < -0.39 is 0 Å². The molecule has 0 spiro atoms. The summed E-state index contributed by atoms with van der Waals surface area (Å²) in [6, 6.07) is 6.57. The molecule has 5 rings (SSSR count). The van der Waals surface area contributed by atoms with Crippen molar-refractivity contribution in [3.63, 3.8) is 0 Å². The number of pyridine rings is 2. The van der Waals surface area contributed by atoms with Gasteiger partial charge in [0.15, 0.2) is 5.65 Å². The zero-order valence-electron chi connectivity index (χ0n) is 18.0. The number of aromatic nitrogens is 4. The molecule has 1 aromatic carbocycles. The number of fused-ring (bicyclic) bond motifs is 2. The van der Waals surface area contributed by atoms with Crippen molar-refractivity contribution in [3.8, 4) is 17.0 Å². The Kier molecular flexibility index (Phi) is 4.75. The van der Waals surface area contributed by atoms with Crippen LogP contribution in [-0.4, -0.2) is 50.0 Å². The number of halogens is 1. The minimum atomic E-state index is 0.162. The van der Waals surface area contributed by atoms with Crippen LogP contribution in [0, 0.1) is 6.92 Å². The molecule has 1 fully saturated rings. The number of phenols is 1. The molecule has 0 saturated carbocycles. The van der Waals surface area contributed by atoms with E-state index >= 15 is 0 Å². The third kappa shape index (κ3) is 3.47. The molecule has 4 aromatic rings. The van der Waals surface area contributed by atoms with Gasteiger partial charge in [0.05, 0.1) is 28.1 Å². The minimum absolute atomic E-state index is 0.162. The monoisotopic (exact) mass is 436 g/mol. The summed E-state index contributed by atoms with van der Waals surface area (Å²) in [5, 5.41) is 21.1. The lowest BCUT2D eigenvalue weighted by atomic mass is 10.0. The standard InChI is InChI=1S/C23H25ClN6O/c1-12-9-30(10-13(2)26-12)16-6-17-19(24)7-20(27-23(17)25-8-16)18-5-15-11-29(4)28-21(15)14(3)22(18)31/h5-8,11-13,26,31H,9-10H2,1-4H3/t12-,13+. The Balaban J connectivity index is 1.59. The van der Waals surface area contributed by atoms with Crippen LogP contribution in [0.25, 0.3) is 33.2 Å². The number of nitrogens with zero attached hydrogens (tertiary/aromatic N) is 5. The first kappa shape index (κ1) is 20.0. The van der Waals surface area contributed by atoms with Crippen LogP contribution >= 0.6 is 11.6 Å². The van der Waals surface area contributed by atoms with E-state index in [0.29, 0.717) is 34.0 Å². The second-order valence-corrected chi connectivity index (χ2v) is 8.97. The molecule has 0 aliphatic carbocycles. The van der Waals surface area contributed by atoms with E-state index in [9.17, 15) is 5.11 Å². The zero-order valence-corrected chi connectivity index (χ0v) is 18.8. The summed E-state index contributed by atoms with van der Waals surface area (Å²) >= 11 is 6.69. The first-order valence-corrected chi connectivity index (χ1v) is 10.8. The van der Waals surface area contributed by atoms with Crippen LogP contribution in [-0.2, 0) is 7.05 Å². The second kappa shape index (κ2) is 7.35. The molecule has 4 heterocycles. The summed E-state index contributed by atoms with van der Waals surface area (Å²) in [5.41, 5.74) is 4.31. The van der Waals surface area contributed by atoms with Crippen LogP contribution in [0.4, 0.5) is 5.69 Å². The molecule has 31 heavy (non-hydrogen) atoms. The van der Waals surface area contributed by atoms with Crippen molar-refractivity contribution in [1.29, 1.82) is 0 Å². The van der Waals surface area contributed by atoms with E-state index in [1.165, 1.54) is 0 Å². The number of benzene rings is 1. The molecule has 0 radical (unpaired) electrons. The molecule has 0 unspecified atom stereocenters. The van der Waals surface area contributed by atoms with Gasteiger partial charge in [-0.25, -0.2) is 9.97 Å². The molecule has 2 N–H and O–H groups in total. The molecule has 1 saturated heterocycles. The highest BCUT2D eigenvalue weighted by molar-refractivity contribution is 6.35. The van der Waals surface area contributed by atoms with Gasteiger partial charge in [0.2, 0.25) is 0 Å². The average Bonchev–Trinajstić information content (AvgIpc) is 3.10. The van der Waals surface area contributed by atoms with Crippen molar-refractivity contribution in [2.45, 2.75) is 32.9 Å². The Morgan fingerprint density at radius 2 is 1.90 bits per heavy atom. The van der Waals surface area contributed by atoms with Crippen LogP contribution < -0.4 is 10.2 Å². The maximum atomic E-state index is 10.8. The van der Waals surface area contributed by atoms with Crippen LogP contribution in [0.2, 0.25) is 5.02 Å². The second-order valence-electron chi connectivity index (χ2n) is 8.57. The molecule has 160 valence electrons. The summed E-state index contributed by atoms with van der Waals surface area (Å²) in [4.78, 5) is 11.7. The Morgan fingerprint density at radius 1 is 1.16 bits per heavy atom. The molecule has 1 aliphatic heterocycles. The molecule has 0 bridgehead atoms. The van der Waals surface area contributed by atoms with Gasteiger partial charge in [-0.05, 0) is 39.0 Å². The quantitative estimate of drug-likeness (QED) is 0.493. The maximum Gasteiger partial charge on any atom is 0.161 e. The van der Waals surface area contributed by atoms with Gasteiger partial charge >= 0.3 is 0 Å². The van der Waals surface area contributed by atoms with Crippen molar-refractivity contribution >= 4 is 39.2 Å². The number of piperazine rings is 1. The molecule has 2 atom stereocenters. The maximum absolute atomic E-state index is 10.8. The average molecular weight is 437 g/mol. The van der Waals surface area contributed by atoms with E-state index in [0.717, 1.165) is 40.6 Å². The number of hydrogen-bond acceptors (Lipinski definition) is 6. The van der Waals surface area contributed by atoms with E-state index in [-0.39, 0.29) is 5.75 Å². The summed E-state index contributed by atoms with van der Waals surface area (Å²) in [6.45, 7) is 8.06. The topological polar surface area (TPSA) is 79.1 Å². The molecule has 8 heteroatoms. The molecule has 3 aromatic heterocycles. The number of anilines is 1. The van der Waals surface area contributed by atoms with Gasteiger partial charge in [0.1, 0.15) is 5.75 Å². The van der Waals surface area contributed by atoms with Gasteiger partial charge in [-0.3, -0.25) is 4.68 Å². The van der Waals surface area contributed by atoms with Gasteiger partial charge in [-0.15, -0.1) is 0 Å². The summed E-state index contributed by atoms with van der Waals surface area (Å²) in [5.74, 6) is 0.162. The van der Waals surface area contributed by atoms with Crippen LogP contribution in [0.3, 0.4) is 0 Å². The van der Waals surface area contributed by atoms with Gasteiger partial charge in [-0.2, -0.15) is 5.10 Å². The Hall–Kier alpha value is -2.90. The summed E-state index contributed by atoms with van der Waals surface area (Å²) in [6.07, 6.45) is 3.78. The molecular formula is C23H25ClN6O. The lowest BCUT2D eigenvalue weighted by Gasteiger charge is -2.37. The SMILES string of the molecule is Cc1c(O)c(-c2cc(Cl)c3cc(N4C[C@@H](C)N[C@@H](C)C4)cnc3n2)cc2cn(C)nc12. The van der Waals surface area contributed by atoms with Crippen LogP contribution in [0.1, 0.15) is 19.4 Å². The summed E-state index contributed by atoms with van der Waals surface area (Å²) in [7, 11) is 1.86. The highest BCUT2D eigenvalue weighted by Gasteiger charge is 2.22. The van der Waals surface area contributed by atoms with E-state index in [1.54, 1.807) is 10.7 Å². The first-order chi connectivity index (χ1) is 14.8. The van der Waals surface area contributed by atoms with Crippen molar-refractivity contribution in [1.82, 2.24) is 25.1 Å². The number of phenolic OH excluding ortho intramolecular Hbond substituents is 1. The fourth-order valence-corrected chi connectivity index (χ4v) is 4.78. The minimum Gasteiger partial charge on any atom is -0.507 e. The van der Waals surface area contributed by atoms with Crippen molar-refractivity contribution < 1.29 is 5.11 Å². The highest BCUT2D eigenvalue weighted by Crippen LogP contribution is 2.38. The Bertz CT molecular complexity index is 1310. The largest absolute Gasteiger partial charge is 0.507 e. The smallest absolute Gasteiger partial charge is 0.161 e. The molecular weight excluding hydrogens is 412 g/mol. The Labute approximate surface area is 185 Å². The van der Waals surface area contributed by atoms with E-state index in [4.69, 9.17) is 16.6 Å². The third-order valence-electron chi connectivity index (χ3n) is 5.92. The predicted molar refractivity (Wildman–Crippen MR) is 125 cm³/mol. The number of nitrogens with one attached hydrogen (secondary N) is 1. The predicted octanol–water partition coefficient (Wildman–Crippen LogP) is 4.04. The normalized spacial score (nSPS) is 19.5. The van der Waals surface area contributed by atoms with Crippen molar-refractivity contribution in [2.75, 3.05) is 18.0 Å². The number of rotatable bonds is 2. The van der Waals surface area contributed by atoms with Crippen LogP contribution in [0.15, 0.2) is 30.6 Å². The van der Waals surface area contributed by atoms with Crippen LogP contribution in [0.5, 0.6) is 5.75 Å². The molecule has 0 amide bonds. The van der Waals surface area contributed by atoms with Gasteiger partial charge in [0.25, 0.3) is 0 Å². The number of aryl methyl sites for hydroxylation is 2. The van der Waals surface area contributed by atoms with Gasteiger partial charge in [-0.1, -0.05) is 11.6 Å². The third-order valence-corrected chi connectivity index (χ3v) is 6.23. The molecule has 7 nitrogen and oxygen atoms in total. The lowest BCUT2D eigenvalue weighted by Crippen LogP contribution is -2.54. The van der Waals surface area contributed by atoms with E-state index in [2.05, 4.69) is 40.2 Å². The van der Waals surface area contributed by atoms with Gasteiger partial charge < -0.3 is 15.3 Å². The Morgan fingerprint density at radius 3 is 2.65 bits per heavy atom. The van der Waals surface area contributed by atoms with Crippen molar-refractivity contribution in [2.24, 2.45) is 7.05 Å². The fraction of sp³-hybridized carbons (Fsp3) is 0.348.